The maximum Gasteiger partial charge on any atom is 0.412 e. The summed E-state index contributed by atoms with van der Waals surface area (Å²) in [6, 6.07) is 7.54. The summed E-state index contributed by atoms with van der Waals surface area (Å²) < 4.78 is 11.4. The van der Waals surface area contributed by atoms with Crippen LogP contribution in [-0.2, 0) is 4.74 Å². The third-order valence-corrected chi connectivity index (χ3v) is 4.77. The fourth-order valence-corrected chi connectivity index (χ4v) is 3.15. The molecule has 1 heterocycles. The van der Waals surface area contributed by atoms with Crippen molar-refractivity contribution in [3.63, 3.8) is 0 Å². The lowest BCUT2D eigenvalue weighted by molar-refractivity contribution is 0.0586. The van der Waals surface area contributed by atoms with E-state index in [-0.39, 0.29) is 12.2 Å². The lowest BCUT2D eigenvalue weighted by atomic mass is 10.1. The fourth-order valence-electron chi connectivity index (χ4n) is 3.15. The van der Waals surface area contributed by atoms with Crippen LogP contribution < -0.4 is 10.1 Å². The van der Waals surface area contributed by atoms with Crippen LogP contribution in [0.4, 0.5) is 10.5 Å². The molecule has 26 heavy (non-hydrogen) atoms. The van der Waals surface area contributed by atoms with Crippen LogP contribution in [0.15, 0.2) is 24.3 Å². The number of carbonyl (C=O) groups excluding carboxylic acids is 1. The molecule has 2 rings (SSSR count). The van der Waals surface area contributed by atoms with Gasteiger partial charge in [0, 0.05) is 13.1 Å². The Kier molecular flexibility index (Phi) is 9.32. The molecule has 1 aromatic carbocycles. The Bertz CT molecular complexity index is 528. The monoisotopic (exact) mass is 362 g/mol. The van der Waals surface area contributed by atoms with Crippen LogP contribution in [0.1, 0.15) is 58.8 Å². The number of rotatable bonds is 10. The summed E-state index contributed by atoms with van der Waals surface area (Å²) >= 11 is 0. The molecule has 146 valence electrons. The van der Waals surface area contributed by atoms with Gasteiger partial charge in [0.2, 0.25) is 0 Å². The third kappa shape index (κ3) is 7.24. The topological polar surface area (TPSA) is 50.8 Å². The van der Waals surface area contributed by atoms with Crippen molar-refractivity contribution in [1.29, 1.82) is 0 Å². The standard InChI is InChI=1S/C21H34N2O3/c1-3-5-9-17-25-20-11-8-7-10-19(20)22-21(24)26-18-12-15-23(16-13-18)14-6-4-2/h7-8,10-11,18H,3-6,9,12-17H2,1-2H3,(H,22,24). The van der Waals surface area contributed by atoms with E-state index in [1.165, 1.54) is 12.8 Å². The average Bonchev–Trinajstić information content (AvgIpc) is 2.66. The van der Waals surface area contributed by atoms with Gasteiger partial charge in [-0.2, -0.15) is 0 Å². The Morgan fingerprint density at radius 2 is 1.85 bits per heavy atom. The first-order chi connectivity index (χ1) is 12.7. The molecule has 0 bridgehead atoms. The van der Waals surface area contributed by atoms with Gasteiger partial charge < -0.3 is 14.4 Å². The zero-order valence-corrected chi connectivity index (χ0v) is 16.3. The summed E-state index contributed by atoms with van der Waals surface area (Å²) in [4.78, 5) is 14.7. The predicted molar refractivity (Wildman–Crippen MR) is 106 cm³/mol. The molecule has 1 N–H and O–H groups in total. The molecule has 1 aromatic rings. The molecule has 0 unspecified atom stereocenters. The van der Waals surface area contributed by atoms with Crippen molar-refractivity contribution < 1.29 is 14.3 Å². The second kappa shape index (κ2) is 11.8. The zero-order chi connectivity index (χ0) is 18.6. The number of hydrogen-bond donors (Lipinski definition) is 1. The van der Waals surface area contributed by atoms with Crippen molar-refractivity contribution in [3.05, 3.63) is 24.3 Å². The SMILES string of the molecule is CCCCCOc1ccccc1NC(=O)OC1CCN(CCCC)CC1. The normalized spacial score (nSPS) is 15.6. The number of nitrogens with one attached hydrogen (secondary N) is 1. The Morgan fingerprint density at radius 3 is 2.58 bits per heavy atom. The number of hydrogen-bond acceptors (Lipinski definition) is 4. The minimum Gasteiger partial charge on any atom is -0.491 e. The molecule has 1 saturated heterocycles. The third-order valence-electron chi connectivity index (χ3n) is 4.77. The number of nitrogens with zero attached hydrogens (tertiary/aromatic N) is 1. The van der Waals surface area contributed by atoms with Gasteiger partial charge in [-0.3, -0.25) is 5.32 Å². The minimum absolute atomic E-state index is 0.00510. The first-order valence-electron chi connectivity index (χ1n) is 10.1. The number of amides is 1. The number of ether oxygens (including phenoxy) is 2. The molecule has 0 aromatic heterocycles. The fraction of sp³-hybridized carbons (Fsp3) is 0.667. The molecule has 0 aliphatic carbocycles. The Labute approximate surface area is 158 Å². The number of likely N-dealkylation sites (tertiary alicyclic amines) is 1. The van der Waals surface area contributed by atoms with Crippen molar-refractivity contribution in [3.8, 4) is 5.75 Å². The summed E-state index contributed by atoms with van der Waals surface area (Å²) in [7, 11) is 0. The van der Waals surface area contributed by atoms with E-state index in [4.69, 9.17) is 9.47 Å². The molecular formula is C21H34N2O3. The molecule has 5 heteroatoms. The van der Waals surface area contributed by atoms with Gasteiger partial charge in [0.05, 0.1) is 12.3 Å². The van der Waals surface area contributed by atoms with Crippen molar-refractivity contribution in [1.82, 2.24) is 4.90 Å². The van der Waals surface area contributed by atoms with Gasteiger partial charge in [0.25, 0.3) is 0 Å². The van der Waals surface area contributed by atoms with Gasteiger partial charge in [0.15, 0.2) is 0 Å². The van der Waals surface area contributed by atoms with Crippen LogP contribution in [0.3, 0.4) is 0 Å². The first kappa shape index (κ1) is 20.6. The maximum absolute atomic E-state index is 12.3. The van der Waals surface area contributed by atoms with Gasteiger partial charge in [-0.25, -0.2) is 4.79 Å². The molecule has 0 atom stereocenters. The number of carbonyl (C=O) groups is 1. The Hall–Kier alpha value is -1.75. The van der Waals surface area contributed by atoms with E-state index in [2.05, 4.69) is 24.1 Å². The second-order valence-corrected chi connectivity index (χ2v) is 6.98. The summed E-state index contributed by atoms with van der Waals surface area (Å²) in [5.41, 5.74) is 0.675. The predicted octanol–water partition coefficient (Wildman–Crippen LogP) is 5.07. The van der Waals surface area contributed by atoms with E-state index in [1.54, 1.807) is 0 Å². The Balaban J connectivity index is 1.76. The number of para-hydroxylation sites is 2. The second-order valence-electron chi connectivity index (χ2n) is 6.98. The van der Waals surface area contributed by atoms with E-state index in [1.807, 2.05) is 24.3 Å². The number of benzene rings is 1. The largest absolute Gasteiger partial charge is 0.491 e. The average molecular weight is 363 g/mol. The van der Waals surface area contributed by atoms with Crippen LogP contribution in [0.25, 0.3) is 0 Å². The van der Waals surface area contributed by atoms with Crippen molar-refractivity contribution in [2.45, 2.75) is 64.9 Å². The number of piperidine rings is 1. The summed E-state index contributed by atoms with van der Waals surface area (Å²) in [5, 5.41) is 2.84. The van der Waals surface area contributed by atoms with E-state index >= 15 is 0 Å². The molecule has 0 radical (unpaired) electrons. The van der Waals surface area contributed by atoms with Gasteiger partial charge in [0.1, 0.15) is 11.9 Å². The first-order valence-corrected chi connectivity index (χ1v) is 10.1. The molecule has 0 spiro atoms. The zero-order valence-electron chi connectivity index (χ0n) is 16.3. The van der Waals surface area contributed by atoms with Crippen LogP contribution in [0, 0.1) is 0 Å². The molecule has 1 fully saturated rings. The van der Waals surface area contributed by atoms with Crippen molar-refractivity contribution in [2.24, 2.45) is 0 Å². The maximum atomic E-state index is 12.3. The highest BCUT2D eigenvalue weighted by molar-refractivity contribution is 5.86. The van der Waals surface area contributed by atoms with Gasteiger partial charge in [-0.15, -0.1) is 0 Å². The number of unbranched alkanes of at least 4 members (excludes halogenated alkanes) is 3. The van der Waals surface area contributed by atoms with E-state index in [0.29, 0.717) is 18.0 Å². The highest BCUT2D eigenvalue weighted by atomic mass is 16.6. The highest BCUT2D eigenvalue weighted by Gasteiger charge is 2.22. The van der Waals surface area contributed by atoms with Gasteiger partial charge in [-0.1, -0.05) is 45.2 Å². The molecule has 0 saturated carbocycles. The molecular weight excluding hydrogens is 328 g/mol. The molecule has 1 amide bonds. The van der Waals surface area contributed by atoms with Crippen LogP contribution in [0.2, 0.25) is 0 Å². The van der Waals surface area contributed by atoms with Crippen molar-refractivity contribution >= 4 is 11.8 Å². The quantitative estimate of drug-likeness (QED) is 0.591. The highest BCUT2D eigenvalue weighted by Crippen LogP contribution is 2.25. The van der Waals surface area contributed by atoms with Crippen molar-refractivity contribution in [2.75, 3.05) is 31.6 Å². The van der Waals surface area contributed by atoms with Crippen LogP contribution in [0.5, 0.6) is 5.75 Å². The van der Waals surface area contributed by atoms with Crippen LogP contribution >= 0.6 is 0 Å². The van der Waals surface area contributed by atoms with E-state index in [9.17, 15) is 4.79 Å². The molecule has 1 aliphatic heterocycles. The minimum atomic E-state index is -0.387. The van der Waals surface area contributed by atoms with Gasteiger partial charge in [-0.05, 0) is 44.4 Å². The number of anilines is 1. The lowest BCUT2D eigenvalue weighted by Gasteiger charge is -2.31. The summed E-state index contributed by atoms with van der Waals surface area (Å²) in [6.45, 7) is 8.21. The molecule has 5 nitrogen and oxygen atoms in total. The van der Waals surface area contributed by atoms with E-state index < -0.39 is 0 Å². The summed E-state index contributed by atoms with van der Waals surface area (Å²) in [5.74, 6) is 0.704. The van der Waals surface area contributed by atoms with Gasteiger partial charge >= 0.3 is 6.09 Å². The van der Waals surface area contributed by atoms with E-state index in [0.717, 1.165) is 51.7 Å². The summed E-state index contributed by atoms with van der Waals surface area (Å²) in [6.07, 6.45) is 7.22. The Morgan fingerprint density at radius 1 is 1.12 bits per heavy atom. The smallest absolute Gasteiger partial charge is 0.412 e. The van der Waals surface area contributed by atoms with Crippen LogP contribution in [-0.4, -0.2) is 43.3 Å². The lowest BCUT2D eigenvalue weighted by Crippen LogP contribution is -2.38. The molecule has 1 aliphatic rings.